The minimum absolute atomic E-state index is 0.0386. The van der Waals surface area contributed by atoms with Crippen molar-refractivity contribution in [1.29, 1.82) is 0 Å². The van der Waals surface area contributed by atoms with E-state index in [1.54, 1.807) is 0 Å². The topological polar surface area (TPSA) is 178 Å². The normalized spacial score (nSPS) is 21.2. The summed E-state index contributed by atoms with van der Waals surface area (Å²) in [6.45, 7) is 3.97. The van der Waals surface area contributed by atoms with E-state index in [0.717, 1.165) is 44.9 Å². The van der Waals surface area contributed by atoms with Gasteiger partial charge in [0.25, 0.3) is 0 Å². The third kappa shape index (κ3) is 27.4. The molecule has 1 aliphatic heterocycles. The third-order valence-corrected chi connectivity index (χ3v) is 10.4. The average Bonchev–Trinajstić information content (AvgIpc) is 3.14. The van der Waals surface area contributed by atoms with Crippen LogP contribution < -0.4 is 0 Å². The van der Waals surface area contributed by atoms with E-state index in [9.17, 15) is 28.5 Å². The van der Waals surface area contributed by atoms with Crippen LogP contribution in [0.3, 0.4) is 0 Å². The minimum atomic E-state index is -5.05. The number of aliphatic hydroxyl groups is 3. The molecule has 0 bridgehead atoms. The Balaban J connectivity index is 2.41. The molecule has 6 atom stereocenters. The third-order valence-electron chi connectivity index (χ3n) is 9.89. The summed E-state index contributed by atoms with van der Waals surface area (Å²) in [5, 5.41) is 30.5. The lowest BCUT2D eigenvalue weighted by Crippen LogP contribution is -2.60. The Hall–Kier alpha value is -1.16. The van der Waals surface area contributed by atoms with Crippen LogP contribution in [0.5, 0.6) is 0 Å². The van der Waals surface area contributed by atoms with Crippen molar-refractivity contribution >= 4 is 16.4 Å². The maximum Gasteiger partial charge on any atom is 0.397 e. The molecule has 0 aromatic carbocycles. The standard InChI is InChI=1S/C41H78O12S/c1-3-5-7-9-11-13-14-15-16-17-18-19-20-21-22-24-26-28-30-37(43)51-35(33-49-31-29-27-25-23-12-10-8-6-4-2)34-50-41-39(45)40(53-54(46,47)48)38(44)36(32-42)52-41/h16-17,35-36,38-42,44-45H,3-15,18-34H2,1-2H3,(H,46,47,48)/b17-16-. The Kier molecular flexibility index (Phi) is 32.0. The van der Waals surface area contributed by atoms with Crippen LogP contribution in [0, 0.1) is 0 Å². The van der Waals surface area contributed by atoms with Crippen molar-refractivity contribution in [3.63, 3.8) is 0 Å². The van der Waals surface area contributed by atoms with E-state index >= 15 is 0 Å². The number of carbonyl (C=O) groups excluding carboxylic acids is 1. The Labute approximate surface area is 328 Å². The highest BCUT2D eigenvalue weighted by Gasteiger charge is 2.48. The summed E-state index contributed by atoms with van der Waals surface area (Å²) in [5.74, 6) is -0.403. The fourth-order valence-corrected chi connectivity index (χ4v) is 7.12. The number of ether oxygens (including phenoxy) is 4. The molecule has 6 unspecified atom stereocenters. The zero-order chi connectivity index (χ0) is 39.7. The first-order chi connectivity index (χ1) is 26.1. The fraction of sp³-hybridized carbons (Fsp3) is 0.927. The fourth-order valence-electron chi connectivity index (χ4n) is 6.61. The Morgan fingerprint density at radius 3 is 1.67 bits per heavy atom. The second kappa shape index (κ2) is 33.9. The van der Waals surface area contributed by atoms with E-state index in [1.807, 2.05) is 0 Å². The van der Waals surface area contributed by atoms with Gasteiger partial charge in [0, 0.05) is 13.0 Å². The lowest BCUT2D eigenvalue weighted by molar-refractivity contribution is -0.301. The predicted molar refractivity (Wildman–Crippen MR) is 211 cm³/mol. The zero-order valence-corrected chi connectivity index (χ0v) is 34.6. The van der Waals surface area contributed by atoms with Crippen LogP contribution in [0.2, 0.25) is 0 Å². The van der Waals surface area contributed by atoms with Gasteiger partial charge in [0.05, 0.1) is 19.8 Å². The van der Waals surface area contributed by atoms with Crippen molar-refractivity contribution in [1.82, 2.24) is 0 Å². The van der Waals surface area contributed by atoms with Crippen LogP contribution in [0.25, 0.3) is 0 Å². The largest absolute Gasteiger partial charge is 0.457 e. The van der Waals surface area contributed by atoms with Crippen LogP contribution in [0.4, 0.5) is 0 Å². The van der Waals surface area contributed by atoms with Crippen molar-refractivity contribution in [2.24, 2.45) is 0 Å². The Morgan fingerprint density at radius 1 is 0.685 bits per heavy atom. The molecular formula is C41H78O12S. The Morgan fingerprint density at radius 2 is 1.17 bits per heavy atom. The van der Waals surface area contributed by atoms with Crippen molar-refractivity contribution in [3.05, 3.63) is 12.2 Å². The second-order valence-corrected chi connectivity index (χ2v) is 16.0. The maximum absolute atomic E-state index is 12.8. The molecule has 0 aromatic rings. The van der Waals surface area contributed by atoms with Gasteiger partial charge in [-0.15, -0.1) is 0 Å². The highest BCUT2D eigenvalue weighted by atomic mass is 32.3. The summed E-state index contributed by atoms with van der Waals surface area (Å²) < 4.78 is 58.8. The van der Waals surface area contributed by atoms with Gasteiger partial charge in [-0.3, -0.25) is 9.35 Å². The van der Waals surface area contributed by atoms with Gasteiger partial charge >= 0.3 is 16.4 Å². The second-order valence-electron chi connectivity index (χ2n) is 14.9. The molecule has 54 heavy (non-hydrogen) atoms. The van der Waals surface area contributed by atoms with Gasteiger partial charge < -0.3 is 34.3 Å². The average molecular weight is 795 g/mol. The highest BCUT2D eigenvalue weighted by molar-refractivity contribution is 7.80. The number of rotatable bonds is 37. The van der Waals surface area contributed by atoms with E-state index in [-0.39, 0.29) is 19.6 Å². The van der Waals surface area contributed by atoms with E-state index < -0.39 is 59.8 Å². The number of unbranched alkanes of at least 4 members (excludes halogenated alkanes) is 22. The SMILES string of the molecule is CCCCCCCCC/C=C\CCCCCCCCCC(=O)OC(COCCCCCCCCCCC)COC1OC(CO)C(O)C(OS(=O)(=O)O)C1O. The van der Waals surface area contributed by atoms with Gasteiger partial charge in [-0.1, -0.05) is 148 Å². The molecule has 1 rings (SSSR count). The van der Waals surface area contributed by atoms with Gasteiger partial charge in [0.15, 0.2) is 6.29 Å². The molecule has 0 spiro atoms. The van der Waals surface area contributed by atoms with Crippen molar-refractivity contribution < 1.29 is 56.2 Å². The van der Waals surface area contributed by atoms with E-state index in [2.05, 4.69) is 30.2 Å². The summed E-state index contributed by atoms with van der Waals surface area (Å²) in [5.41, 5.74) is 0. The predicted octanol–water partition coefficient (Wildman–Crippen LogP) is 8.30. The molecule has 1 saturated heterocycles. The molecule has 1 heterocycles. The number of carbonyl (C=O) groups is 1. The van der Waals surface area contributed by atoms with Crippen molar-refractivity contribution in [2.75, 3.05) is 26.4 Å². The molecule has 4 N–H and O–H groups in total. The molecule has 1 aliphatic rings. The summed E-state index contributed by atoms with van der Waals surface area (Å²) in [6, 6.07) is 0. The molecular weight excluding hydrogens is 717 g/mol. The van der Waals surface area contributed by atoms with Crippen LogP contribution in [0.1, 0.15) is 181 Å². The van der Waals surface area contributed by atoms with E-state index in [4.69, 9.17) is 23.5 Å². The van der Waals surface area contributed by atoms with Crippen LogP contribution >= 0.6 is 0 Å². The molecule has 0 aromatic heterocycles. The molecule has 0 aliphatic carbocycles. The molecule has 0 saturated carbocycles. The highest BCUT2D eigenvalue weighted by Crippen LogP contribution is 2.26. The molecule has 12 nitrogen and oxygen atoms in total. The van der Waals surface area contributed by atoms with E-state index in [1.165, 1.54) is 109 Å². The van der Waals surface area contributed by atoms with Gasteiger partial charge in [0.2, 0.25) is 0 Å². The lowest BCUT2D eigenvalue weighted by atomic mass is 9.99. The van der Waals surface area contributed by atoms with Crippen molar-refractivity contribution in [2.45, 2.75) is 218 Å². The summed E-state index contributed by atoms with van der Waals surface area (Å²) >= 11 is 0. The lowest BCUT2D eigenvalue weighted by Gasteiger charge is -2.41. The van der Waals surface area contributed by atoms with Crippen molar-refractivity contribution in [3.8, 4) is 0 Å². The molecule has 13 heteroatoms. The molecule has 0 amide bonds. The maximum atomic E-state index is 12.8. The number of hydrogen-bond donors (Lipinski definition) is 4. The van der Waals surface area contributed by atoms with Crippen LogP contribution in [0.15, 0.2) is 12.2 Å². The van der Waals surface area contributed by atoms with Gasteiger partial charge in [-0.25, -0.2) is 4.18 Å². The quantitative estimate of drug-likeness (QED) is 0.0205. The van der Waals surface area contributed by atoms with Crippen LogP contribution in [-0.4, -0.2) is 97.5 Å². The smallest absolute Gasteiger partial charge is 0.397 e. The number of hydrogen-bond acceptors (Lipinski definition) is 11. The molecule has 1 fully saturated rings. The van der Waals surface area contributed by atoms with Gasteiger partial charge in [0.1, 0.15) is 30.5 Å². The van der Waals surface area contributed by atoms with E-state index in [0.29, 0.717) is 13.0 Å². The molecule has 320 valence electrons. The summed E-state index contributed by atoms with van der Waals surface area (Å²) in [7, 11) is -5.05. The first kappa shape index (κ1) is 50.9. The number of aliphatic hydroxyl groups excluding tert-OH is 3. The first-order valence-corrected chi connectivity index (χ1v) is 22.8. The minimum Gasteiger partial charge on any atom is -0.457 e. The first-order valence-electron chi connectivity index (χ1n) is 21.4. The summed E-state index contributed by atoms with van der Waals surface area (Å²) in [6.07, 6.45) is 25.4. The Bertz CT molecular complexity index is 1010. The molecule has 0 radical (unpaired) electrons. The van der Waals surface area contributed by atoms with Gasteiger partial charge in [-0.05, 0) is 38.5 Å². The van der Waals surface area contributed by atoms with Gasteiger partial charge in [-0.2, -0.15) is 8.42 Å². The number of allylic oxidation sites excluding steroid dienone is 2. The number of esters is 1. The van der Waals surface area contributed by atoms with Crippen LogP contribution in [-0.2, 0) is 38.3 Å². The monoisotopic (exact) mass is 795 g/mol. The summed E-state index contributed by atoms with van der Waals surface area (Å²) in [4.78, 5) is 12.8. The zero-order valence-electron chi connectivity index (χ0n) is 33.8.